The number of ether oxygens (including phenoxy) is 5. The van der Waals surface area contributed by atoms with Crippen LogP contribution in [0.2, 0.25) is 0 Å². The monoisotopic (exact) mass is 946 g/mol. The van der Waals surface area contributed by atoms with E-state index in [1.54, 1.807) is 12.3 Å². The van der Waals surface area contributed by atoms with Crippen molar-refractivity contribution in [1.29, 1.82) is 0 Å². The predicted octanol–water partition coefficient (Wildman–Crippen LogP) is 6.41. The molecule has 1 amide bonds. The van der Waals surface area contributed by atoms with Gasteiger partial charge in [0.15, 0.2) is 11.4 Å². The van der Waals surface area contributed by atoms with Crippen molar-refractivity contribution >= 4 is 55.4 Å². The van der Waals surface area contributed by atoms with E-state index in [9.17, 15) is 23.3 Å². The molecule has 0 radical (unpaired) electrons. The van der Waals surface area contributed by atoms with Gasteiger partial charge < -0.3 is 43.8 Å². The highest BCUT2D eigenvalue weighted by Gasteiger charge is 2.55. The molecule has 68 heavy (non-hydrogen) atoms. The molecule has 7 aliphatic rings. The van der Waals surface area contributed by atoms with Crippen LogP contribution in [0, 0.1) is 15.5 Å². The largest absolute Gasteiger partial charge is 0.489 e. The second-order valence-corrected chi connectivity index (χ2v) is 21.4. The summed E-state index contributed by atoms with van der Waals surface area (Å²) in [5.74, 6) is -0.125. The third kappa shape index (κ3) is 7.40. The summed E-state index contributed by atoms with van der Waals surface area (Å²) in [7, 11) is -4.71. The highest BCUT2D eigenvalue weighted by molar-refractivity contribution is 7.90. The fraction of sp³-hybridized carbons (Fsp3) is 0.469. The van der Waals surface area contributed by atoms with Crippen LogP contribution in [0.4, 0.5) is 28.4 Å². The summed E-state index contributed by atoms with van der Waals surface area (Å²) in [6, 6.07) is 20.5. The lowest BCUT2D eigenvalue weighted by Gasteiger charge is -2.62. The summed E-state index contributed by atoms with van der Waals surface area (Å²) >= 11 is 0. The molecule has 8 heterocycles. The highest BCUT2D eigenvalue weighted by Crippen LogP contribution is 2.55. The summed E-state index contributed by atoms with van der Waals surface area (Å²) in [6.07, 6.45) is 5.58. The van der Waals surface area contributed by atoms with Gasteiger partial charge in [-0.05, 0) is 79.6 Å². The van der Waals surface area contributed by atoms with Crippen molar-refractivity contribution in [1.82, 2.24) is 19.6 Å². The van der Waals surface area contributed by atoms with Crippen molar-refractivity contribution in [2.45, 2.75) is 86.7 Å². The minimum absolute atomic E-state index is 0.0193. The maximum atomic E-state index is 14.6. The van der Waals surface area contributed by atoms with Gasteiger partial charge in [0.25, 0.3) is 21.6 Å². The Morgan fingerprint density at radius 3 is 2.62 bits per heavy atom. The second kappa shape index (κ2) is 16.6. The zero-order valence-corrected chi connectivity index (χ0v) is 38.7. The van der Waals surface area contributed by atoms with Crippen LogP contribution in [0.25, 0.3) is 11.0 Å². The number of carbonyl (C=O) groups excluding carboxylic acids is 1. The van der Waals surface area contributed by atoms with E-state index in [2.05, 4.69) is 62.9 Å². The minimum Gasteiger partial charge on any atom is -0.489 e. The van der Waals surface area contributed by atoms with Gasteiger partial charge in [0, 0.05) is 60.0 Å². The van der Waals surface area contributed by atoms with E-state index in [1.807, 2.05) is 29.2 Å². The Morgan fingerprint density at radius 1 is 0.971 bits per heavy atom. The molecule has 4 saturated heterocycles. The van der Waals surface area contributed by atoms with E-state index >= 15 is 0 Å². The van der Waals surface area contributed by atoms with Crippen LogP contribution in [-0.2, 0) is 24.2 Å². The number of nitro benzene ring substituents is 1. The lowest BCUT2D eigenvalue weighted by atomic mass is 9.60. The Balaban J connectivity index is 0.842. The smallest absolute Gasteiger partial charge is 0.297 e. The van der Waals surface area contributed by atoms with Gasteiger partial charge in [-0.2, -0.15) is 4.98 Å². The number of aromatic nitrogens is 2. The number of nitro groups is 1. The molecule has 1 aliphatic carbocycles. The fourth-order valence-corrected chi connectivity index (χ4v) is 12.8. The number of aromatic amines is 1. The van der Waals surface area contributed by atoms with E-state index < -0.39 is 49.7 Å². The van der Waals surface area contributed by atoms with Crippen molar-refractivity contribution in [3.8, 4) is 11.6 Å². The van der Waals surface area contributed by atoms with Crippen LogP contribution in [-0.4, -0.2) is 124 Å². The maximum Gasteiger partial charge on any atom is 0.297 e. The summed E-state index contributed by atoms with van der Waals surface area (Å²) < 4.78 is 60.3. The lowest BCUT2D eigenvalue weighted by Crippen LogP contribution is -2.66. The van der Waals surface area contributed by atoms with E-state index in [4.69, 9.17) is 28.7 Å². The van der Waals surface area contributed by atoms with Crippen LogP contribution in [0.3, 0.4) is 0 Å². The number of amides is 1. The second-order valence-electron chi connectivity index (χ2n) is 19.7. The number of fused-ring (bicyclic) bond motifs is 4. The average Bonchev–Trinajstić information content (AvgIpc) is 4.11. The molecule has 18 nitrogen and oxygen atoms in total. The van der Waals surface area contributed by atoms with Gasteiger partial charge in [-0.15, -0.1) is 0 Å². The molecule has 19 heteroatoms. The van der Waals surface area contributed by atoms with Gasteiger partial charge in [-0.3, -0.25) is 19.8 Å². The van der Waals surface area contributed by atoms with E-state index in [0.717, 1.165) is 49.6 Å². The number of H-pyrrole nitrogens is 1. The number of benzene rings is 3. The molecule has 0 unspecified atom stereocenters. The van der Waals surface area contributed by atoms with Crippen LogP contribution in [0.1, 0.15) is 73.0 Å². The first-order valence-corrected chi connectivity index (χ1v) is 25.1. The van der Waals surface area contributed by atoms with Crippen molar-refractivity contribution in [3.05, 3.63) is 99.7 Å². The summed E-state index contributed by atoms with van der Waals surface area (Å²) in [4.78, 5) is 41.0. The highest BCUT2D eigenvalue weighted by atomic mass is 32.2. The molecule has 2 aromatic heterocycles. The Bertz CT molecular complexity index is 2930. The minimum atomic E-state index is -4.71. The number of hydrogen-bond donors (Lipinski definition) is 3. The number of nitrogens with zero attached hydrogens (tertiary/aromatic N) is 5. The van der Waals surface area contributed by atoms with E-state index in [-0.39, 0.29) is 41.7 Å². The lowest BCUT2D eigenvalue weighted by molar-refractivity contribution is -0.384. The van der Waals surface area contributed by atoms with Gasteiger partial charge in [-0.1, -0.05) is 38.1 Å². The first kappa shape index (κ1) is 43.3. The van der Waals surface area contributed by atoms with Crippen molar-refractivity contribution in [3.63, 3.8) is 0 Å². The number of likely N-dealkylation sites (tertiary alicyclic amines) is 1. The Labute approximate surface area is 393 Å². The average molecular weight is 947 g/mol. The predicted molar refractivity (Wildman–Crippen MR) is 252 cm³/mol. The summed E-state index contributed by atoms with van der Waals surface area (Å²) in [5, 5.41) is 16.4. The Kier molecular flexibility index (Phi) is 10.6. The van der Waals surface area contributed by atoms with Gasteiger partial charge >= 0.3 is 0 Å². The molecule has 3 N–H and O–H groups in total. The zero-order chi connectivity index (χ0) is 46.5. The first-order valence-electron chi connectivity index (χ1n) is 23.7. The molecule has 1 saturated carbocycles. The Morgan fingerprint density at radius 2 is 1.81 bits per heavy atom. The number of nitrogens with one attached hydrogen (secondary N) is 3. The quantitative estimate of drug-likeness (QED) is 0.102. The molecule has 0 bridgehead atoms. The first-order chi connectivity index (χ1) is 32.9. The third-order valence-electron chi connectivity index (χ3n) is 15.1. The fourth-order valence-electron chi connectivity index (χ4n) is 11.8. The van der Waals surface area contributed by atoms with Crippen molar-refractivity contribution in [2.24, 2.45) is 5.41 Å². The summed E-state index contributed by atoms with van der Waals surface area (Å²) in [5.41, 5.74) is 5.27. The topological polar surface area (TPSA) is 203 Å². The molecule has 12 rings (SSSR count). The molecule has 5 aromatic rings. The standard InChI is InChI=1S/C49H54N8O10S/c1-28(2)33-6-3-4-7-34(33)37-8-5-13-55(37)31-20-49(21-31)26-54(27-49)30-9-10-35(38(17-30)56-40-16-29-11-12-50-46(29)52-48(40)67-44-25-64-23-41(44)56)47(58)53-68(61,62)32-18-39(57(59)60)45-42(19-32)66-22-36(51-45)43-24-63-14-15-65-43/h3-4,6-7,9-12,16-19,28,31,36-37,41,43-44,51H,5,8,13-15,20-27H2,1-2H3,(H,50,52)(H,53,58)/t36-,37-,41+,43+,44+/m0/s1. The molecule has 356 valence electrons. The summed E-state index contributed by atoms with van der Waals surface area (Å²) in [6.45, 7) is 9.11. The molecule has 5 fully saturated rings. The van der Waals surface area contributed by atoms with Gasteiger partial charge in [-0.25, -0.2) is 13.1 Å². The molecule has 1 spiro atoms. The number of pyridine rings is 1. The molecular weight excluding hydrogens is 893 g/mol. The van der Waals surface area contributed by atoms with Crippen LogP contribution >= 0.6 is 0 Å². The Hall–Kier alpha value is -5.99. The normalized spacial score (nSPS) is 25.4. The van der Waals surface area contributed by atoms with Gasteiger partial charge in [0.1, 0.15) is 30.1 Å². The van der Waals surface area contributed by atoms with Crippen molar-refractivity contribution < 1.29 is 41.8 Å². The number of hydrogen-bond acceptors (Lipinski definition) is 15. The molecule has 5 atom stereocenters. The molecule has 6 aliphatic heterocycles. The maximum absolute atomic E-state index is 14.6. The van der Waals surface area contributed by atoms with E-state index in [0.29, 0.717) is 67.3 Å². The van der Waals surface area contributed by atoms with Crippen LogP contribution in [0.5, 0.6) is 11.6 Å². The van der Waals surface area contributed by atoms with Gasteiger partial charge in [0.2, 0.25) is 5.88 Å². The molecular formula is C49H54N8O10S. The number of sulfonamides is 1. The van der Waals surface area contributed by atoms with Crippen LogP contribution < -0.4 is 29.3 Å². The zero-order valence-electron chi connectivity index (χ0n) is 37.9. The SMILES string of the molecule is CC(C)c1ccccc1[C@@H]1CCCN1C1CC2(C1)CN(c1ccc(C(=O)NS(=O)(=O)c3cc4c(c([N+](=O)[O-])c3)N[C@H]([C@H]3COCCO3)CO4)c(N3c4cc5cc[nH]c5nc4O[C@@H]4COC[C@H]43)c1)C2. The van der Waals surface area contributed by atoms with Gasteiger partial charge in [0.05, 0.1) is 66.2 Å². The number of anilines is 4. The number of rotatable bonds is 10. The van der Waals surface area contributed by atoms with Crippen LogP contribution in [0.15, 0.2) is 77.8 Å². The third-order valence-corrected chi connectivity index (χ3v) is 16.5. The molecule has 3 aromatic carbocycles. The van der Waals surface area contributed by atoms with Crippen molar-refractivity contribution in [2.75, 3.05) is 74.4 Å². The van der Waals surface area contributed by atoms with E-state index in [1.165, 1.54) is 30.0 Å². The number of carbonyl (C=O) groups is 1.